The van der Waals surface area contributed by atoms with Gasteiger partial charge in [0.2, 0.25) is 5.75 Å². The summed E-state index contributed by atoms with van der Waals surface area (Å²) in [7, 11) is 2.89. The van der Waals surface area contributed by atoms with Gasteiger partial charge in [-0.3, -0.25) is 4.79 Å². The first-order valence-corrected chi connectivity index (χ1v) is 7.69. The highest BCUT2D eigenvalue weighted by Gasteiger charge is 2.14. The normalized spacial score (nSPS) is 12.9. The van der Waals surface area contributed by atoms with Gasteiger partial charge in [-0.05, 0) is 42.0 Å². The van der Waals surface area contributed by atoms with Crippen LogP contribution in [0.3, 0.4) is 0 Å². The third kappa shape index (κ3) is 3.52. The second kappa shape index (κ2) is 7.17. The van der Waals surface area contributed by atoms with E-state index >= 15 is 0 Å². The Labute approximate surface area is 145 Å². The Morgan fingerprint density at radius 3 is 2.32 bits per heavy atom. The van der Waals surface area contributed by atoms with Crippen molar-refractivity contribution >= 4 is 11.9 Å². The third-order valence-corrected chi connectivity index (χ3v) is 3.76. The van der Waals surface area contributed by atoms with Crippen LogP contribution in [0, 0.1) is 0 Å². The molecule has 0 unspecified atom stereocenters. The van der Waals surface area contributed by atoms with Gasteiger partial charge in [0.05, 0.1) is 14.2 Å². The van der Waals surface area contributed by atoms with Crippen molar-refractivity contribution in [3.63, 3.8) is 0 Å². The summed E-state index contributed by atoms with van der Waals surface area (Å²) >= 11 is 0. The molecule has 0 aromatic heterocycles. The number of phenols is 1. The van der Waals surface area contributed by atoms with Gasteiger partial charge in [0.1, 0.15) is 13.2 Å². The van der Waals surface area contributed by atoms with E-state index < -0.39 is 0 Å². The number of ether oxygens (including phenoxy) is 4. The minimum Gasteiger partial charge on any atom is -0.502 e. The molecule has 2 aromatic carbocycles. The number of allylic oxidation sites excluding steroid dienone is 1. The highest BCUT2D eigenvalue weighted by atomic mass is 16.6. The van der Waals surface area contributed by atoms with Crippen molar-refractivity contribution in [1.29, 1.82) is 0 Å². The topological polar surface area (TPSA) is 74.2 Å². The van der Waals surface area contributed by atoms with Gasteiger partial charge in [-0.15, -0.1) is 0 Å². The van der Waals surface area contributed by atoms with Gasteiger partial charge in [0.25, 0.3) is 0 Å². The maximum Gasteiger partial charge on any atom is 0.200 e. The van der Waals surface area contributed by atoms with Crippen molar-refractivity contribution in [2.45, 2.75) is 0 Å². The van der Waals surface area contributed by atoms with E-state index in [1.54, 1.807) is 36.4 Å². The summed E-state index contributed by atoms with van der Waals surface area (Å²) in [5.41, 5.74) is 1.16. The van der Waals surface area contributed by atoms with Crippen LogP contribution in [0.15, 0.2) is 36.4 Å². The molecule has 3 rings (SSSR count). The first-order valence-electron chi connectivity index (χ1n) is 7.69. The second-order valence-electron chi connectivity index (χ2n) is 5.33. The number of rotatable bonds is 5. The van der Waals surface area contributed by atoms with Crippen LogP contribution in [0.25, 0.3) is 6.08 Å². The lowest BCUT2D eigenvalue weighted by molar-refractivity contribution is 0.104. The molecule has 0 saturated carbocycles. The van der Waals surface area contributed by atoms with Crippen LogP contribution in [-0.4, -0.2) is 38.3 Å². The molecule has 2 aromatic rings. The highest BCUT2D eigenvalue weighted by molar-refractivity contribution is 6.07. The van der Waals surface area contributed by atoms with Gasteiger partial charge in [-0.25, -0.2) is 0 Å². The molecule has 0 bridgehead atoms. The summed E-state index contributed by atoms with van der Waals surface area (Å²) in [6, 6.07) is 8.32. The number of hydrogen-bond acceptors (Lipinski definition) is 6. The van der Waals surface area contributed by atoms with Crippen molar-refractivity contribution in [3.8, 4) is 28.7 Å². The fraction of sp³-hybridized carbons (Fsp3) is 0.211. The number of methoxy groups -OCH3 is 2. The lowest BCUT2D eigenvalue weighted by Crippen LogP contribution is -2.15. The molecule has 0 spiro atoms. The molecule has 130 valence electrons. The van der Waals surface area contributed by atoms with Crippen LogP contribution in [0.2, 0.25) is 0 Å². The Hall–Kier alpha value is -3.15. The zero-order valence-electron chi connectivity index (χ0n) is 13.9. The number of phenolic OH excluding ortho intramolecular Hbond substituents is 1. The lowest BCUT2D eigenvalue weighted by atomic mass is 10.1. The van der Waals surface area contributed by atoms with E-state index in [-0.39, 0.29) is 23.0 Å². The van der Waals surface area contributed by atoms with Gasteiger partial charge in [0.15, 0.2) is 28.8 Å². The van der Waals surface area contributed by atoms with E-state index in [0.29, 0.717) is 35.8 Å². The maximum atomic E-state index is 12.4. The molecule has 25 heavy (non-hydrogen) atoms. The summed E-state index contributed by atoms with van der Waals surface area (Å²) in [5.74, 6) is 1.48. The first-order chi connectivity index (χ1) is 12.1. The molecule has 1 heterocycles. The Morgan fingerprint density at radius 1 is 1.04 bits per heavy atom. The summed E-state index contributed by atoms with van der Waals surface area (Å²) in [6.45, 7) is 0.971. The summed E-state index contributed by atoms with van der Waals surface area (Å²) < 4.78 is 21.1. The molecule has 1 aliphatic heterocycles. The fourth-order valence-electron chi connectivity index (χ4n) is 2.47. The zero-order valence-corrected chi connectivity index (χ0v) is 13.9. The number of benzene rings is 2. The molecular formula is C19H18O6. The van der Waals surface area contributed by atoms with Crippen molar-refractivity contribution in [2.75, 3.05) is 27.4 Å². The molecule has 0 aliphatic carbocycles. The van der Waals surface area contributed by atoms with Crippen LogP contribution in [0.4, 0.5) is 0 Å². The molecule has 0 atom stereocenters. The molecule has 1 aliphatic rings. The lowest BCUT2D eigenvalue weighted by Gasteiger charge is -2.18. The average Bonchev–Trinajstić information content (AvgIpc) is 2.66. The molecular weight excluding hydrogens is 324 g/mol. The van der Waals surface area contributed by atoms with E-state index in [2.05, 4.69) is 0 Å². The second-order valence-corrected chi connectivity index (χ2v) is 5.33. The van der Waals surface area contributed by atoms with Gasteiger partial charge in [0, 0.05) is 5.56 Å². The third-order valence-electron chi connectivity index (χ3n) is 3.76. The van der Waals surface area contributed by atoms with Gasteiger partial charge < -0.3 is 24.1 Å². The number of ketones is 1. The van der Waals surface area contributed by atoms with Crippen LogP contribution < -0.4 is 18.9 Å². The average molecular weight is 342 g/mol. The summed E-state index contributed by atoms with van der Waals surface area (Å²) in [6.07, 6.45) is 3.07. The predicted octanol–water partition coefficient (Wildman–Crippen LogP) is 3.08. The molecule has 0 fully saturated rings. The summed E-state index contributed by atoms with van der Waals surface area (Å²) in [5, 5.41) is 9.91. The standard InChI is InChI=1S/C19H18O6/c1-22-17-9-12(10-18(23-2)19(17)21)3-5-14(20)13-4-6-15-16(11-13)25-8-7-24-15/h3-6,9-11,21H,7-8H2,1-2H3/b5-3+. The predicted molar refractivity (Wildman–Crippen MR) is 92.0 cm³/mol. The number of hydrogen-bond donors (Lipinski definition) is 1. The Kier molecular flexibility index (Phi) is 4.79. The van der Waals surface area contributed by atoms with E-state index in [1.807, 2.05) is 0 Å². The SMILES string of the molecule is COc1cc(/C=C/C(=O)c2ccc3c(c2)OCCO3)cc(OC)c1O. The monoisotopic (exact) mass is 342 g/mol. The van der Waals surface area contributed by atoms with Crippen molar-refractivity contribution in [1.82, 2.24) is 0 Å². The minimum atomic E-state index is -0.178. The summed E-state index contributed by atoms with van der Waals surface area (Å²) in [4.78, 5) is 12.4. The smallest absolute Gasteiger partial charge is 0.200 e. The molecule has 1 N–H and O–H groups in total. The zero-order chi connectivity index (χ0) is 17.8. The van der Waals surface area contributed by atoms with Crippen LogP contribution in [-0.2, 0) is 0 Å². The Balaban J connectivity index is 1.83. The quantitative estimate of drug-likeness (QED) is 0.665. The Bertz CT molecular complexity index is 800. The molecule has 0 radical (unpaired) electrons. The van der Waals surface area contributed by atoms with Crippen molar-refractivity contribution in [2.24, 2.45) is 0 Å². The minimum absolute atomic E-state index is 0.0830. The van der Waals surface area contributed by atoms with Gasteiger partial charge >= 0.3 is 0 Å². The number of aromatic hydroxyl groups is 1. The molecule has 6 nitrogen and oxygen atoms in total. The molecule has 6 heteroatoms. The molecule has 0 amide bonds. The van der Waals surface area contributed by atoms with Crippen LogP contribution in [0.1, 0.15) is 15.9 Å². The van der Waals surface area contributed by atoms with E-state index in [9.17, 15) is 9.90 Å². The van der Waals surface area contributed by atoms with Gasteiger partial charge in [-0.1, -0.05) is 6.08 Å². The maximum absolute atomic E-state index is 12.4. The van der Waals surface area contributed by atoms with Gasteiger partial charge in [-0.2, -0.15) is 0 Å². The van der Waals surface area contributed by atoms with E-state index in [0.717, 1.165) is 0 Å². The first kappa shape index (κ1) is 16.7. The van der Waals surface area contributed by atoms with E-state index in [4.69, 9.17) is 18.9 Å². The number of fused-ring (bicyclic) bond motifs is 1. The number of carbonyl (C=O) groups is 1. The number of carbonyl (C=O) groups excluding carboxylic acids is 1. The van der Waals surface area contributed by atoms with Crippen molar-refractivity contribution < 1.29 is 28.8 Å². The highest BCUT2D eigenvalue weighted by Crippen LogP contribution is 2.37. The van der Waals surface area contributed by atoms with Crippen molar-refractivity contribution in [3.05, 3.63) is 47.5 Å². The fourth-order valence-corrected chi connectivity index (χ4v) is 2.47. The Morgan fingerprint density at radius 2 is 1.68 bits per heavy atom. The van der Waals surface area contributed by atoms with Crippen LogP contribution >= 0.6 is 0 Å². The molecule has 0 saturated heterocycles. The van der Waals surface area contributed by atoms with E-state index in [1.165, 1.54) is 20.3 Å². The largest absolute Gasteiger partial charge is 0.502 e. The van der Waals surface area contributed by atoms with Crippen LogP contribution in [0.5, 0.6) is 28.7 Å².